The molecule has 0 saturated heterocycles. The standard InChI is InChI=1S/C8H8N2O3S/c9-8(11)7-5(4-1-2-4)3-6(14-7)10(12)13/h3-4H,1-2H2,(H2,9,11). The summed E-state index contributed by atoms with van der Waals surface area (Å²) in [6.45, 7) is 0. The van der Waals surface area contributed by atoms with Crippen molar-refractivity contribution >= 4 is 22.2 Å². The SMILES string of the molecule is NC(=O)c1sc([N+](=O)[O-])cc1C1CC1. The predicted octanol–water partition coefficient (Wildman–Crippen LogP) is 1.63. The van der Waals surface area contributed by atoms with Crippen LogP contribution < -0.4 is 5.73 Å². The number of carbonyl (C=O) groups excluding carboxylic acids is 1. The molecule has 0 aromatic carbocycles. The fraction of sp³-hybridized carbons (Fsp3) is 0.375. The Hall–Kier alpha value is -1.43. The van der Waals surface area contributed by atoms with Crippen molar-refractivity contribution in [1.82, 2.24) is 0 Å². The fourth-order valence-electron chi connectivity index (χ4n) is 1.37. The highest BCUT2D eigenvalue weighted by atomic mass is 32.1. The number of carbonyl (C=O) groups is 1. The maximum absolute atomic E-state index is 11.0. The van der Waals surface area contributed by atoms with Crippen molar-refractivity contribution in [3.05, 3.63) is 26.6 Å². The molecule has 2 N–H and O–H groups in total. The Kier molecular flexibility index (Phi) is 1.99. The quantitative estimate of drug-likeness (QED) is 0.610. The molecule has 1 saturated carbocycles. The second-order valence-corrected chi connectivity index (χ2v) is 4.30. The molecule has 0 unspecified atom stereocenters. The van der Waals surface area contributed by atoms with E-state index < -0.39 is 10.8 Å². The van der Waals surface area contributed by atoms with E-state index in [2.05, 4.69) is 0 Å². The summed E-state index contributed by atoms with van der Waals surface area (Å²) < 4.78 is 0. The fourth-order valence-corrected chi connectivity index (χ4v) is 2.29. The molecule has 74 valence electrons. The molecule has 1 aromatic heterocycles. The van der Waals surface area contributed by atoms with Gasteiger partial charge in [0.25, 0.3) is 5.91 Å². The van der Waals surface area contributed by atoms with Crippen molar-refractivity contribution in [3.63, 3.8) is 0 Å². The average molecular weight is 212 g/mol. The van der Waals surface area contributed by atoms with Crippen LogP contribution in [-0.2, 0) is 0 Å². The molecule has 0 spiro atoms. The summed E-state index contributed by atoms with van der Waals surface area (Å²) in [7, 11) is 0. The number of thiophene rings is 1. The minimum absolute atomic E-state index is 0.000648. The second-order valence-electron chi connectivity index (χ2n) is 3.26. The van der Waals surface area contributed by atoms with E-state index in [9.17, 15) is 14.9 Å². The number of primary amides is 1. The first kappa shape index (κ1) is 9.14. The van der Waals surface area contributed by atoms with Crippen molar-refractivity contribution in [2.45, 2.75) is 18.8 Å². The molecule has 0 radical (unpaired) electrons. The normalized spacial score (nSPS) is 15.4. The molecule has 1 fully saturated rings. The molecule has 0 bridgehead atoms. The smallest absolute Gasteiger partial charge is 0.325 e. The predicted molar refractivity (Wildman–Crippen MR) is 51.5 cm³/mol. The lowest BCUT2D eigenvalue weighted by Crippen LogP contribution is -2.10. The van der Waals surface area contributed by atoms with Crippen LogP contribution in [0.5, 0.6) is 0 Å². The van der Waals surface area contributed by atoms with Crippen LogP contribution in [0.3, 0.4) is 0 Å². The molecule has 6 heteroatoms. The highest BCUT2D eigenvalue weighted by Crippen LogP contribution is 2.45. The molecular formula is C8H8N2O3S. The Morgan fingerprint density at radius 3 is 2.71 bits per heavy atom. The highest BCUT2D eigenvalue weighted by molar-refractivity contribution is 7.17. The Morgan fingerprint density at radius 1 is 1.64 bits per heavy atom. The molecule has 0 aliphatic heterocycles. The monoisotopic (exact) mass is 212 g/mol. The van der Waals surface area contributed by atoms with E-state index in [0.717, 1.165) is 29.7 Å². The van der Waals surface area contributed by atoms with Crippen molar-refractivity contribution in [3.8, 4) is 0 Å². The number of nitrogens with two attached hydrogens (primary N) is 1. The highest BCUT2D eigenvalue weighted by Gasteiger charge is 2.31. The molecule has 1 heterocycles. The zero-order valence-electron chi connectivity index (χ0n) is 7.23. The molecular weight excluding hydrogens is 204 g/mol. The minimum Gasteiger partial charge on any atom is -0.365 e. The van der Waals surface area contributed by atoms with Crippen LogP contribution in [0.2, 0.25) is 0 Å². The van der Waals surface area contributed by atoms with E-state index in [1.807, 2.05) is 0 Å². The summed E-state index contributed by atoms with van der Waals surface area (Å²) in [5.74, 6) is -0.257. The molecule has 1 aromatic rings. The number of nitro groups is 1. The third-order valence-electron chi connectivity index (χ3n) is 2.17. The van der Waals surface area contributed by atoms with E-state index in [1.165, 1.54) is 6.07 Å². The van der Waals surface area contributed by atoms with E-state index in [-0.39, 0.29) is 5.00 Å². The third kappa shape index (κ3) is 1.48. The van der Waals surface area contributed by atoms with Gasteiger partial charge in [0.2, 0.25) is 0 Å². The van der Waals surface area contributed by atoms with Crippen molar-refractivity contribution in [2.75, 3.05) is 0 Å². The van der Waals surface area contributed by atoms with Gasteiger partial charge in [-0.3, -0.25) is 14.9 Å². The maximum Gasteiger partial charge on any atom is 0.325 e. The number of nitrogens with zero attached hydrogens (tertiary/aromatic N) is 1. The third-order valence-corrected chi connectivity index (χ3v) is 3.29. The first-order valence-corrected chi connectivity index (χ1v) is 4.99. The summed E-state index contributed by atoms with van der Waals surface area (Å²) >= 11 is 0.870. The molecule has 1 amide bonds. The van der Waals surface area contributed by atoms with Gasteiger partial charge in [0.05, 0.1) is 4.92 Å². The largest absolute Gasteiger partial charge is 0.365 e. The van der Waals surface area contributed by atoms with E-state index in [4.69, 9.17) is 5.73 Å². The summed E-state index contributed by atoms with van der Waals surface area (Å²) in [5.41, 5.74) is 5.90. The van der Waals surface area contributed by atoms with Gasteiger partial charge < -0.3 is 5.73 Å². The van der Waals surface area contributed by atoms with Crippen LogP contribution in [0.4, 0.5) is 5.00 Å². The zero-order valence-corrected chi connectivity index (χ0v) is 8.04. The lowest BCUT2D eigenvalue weighted by Gasteiger charge is -1.93. The van der Waals surface area contributed by atoms with Crippen LogP contribution in [-0.4, -0.2) is 10.8 Å². The summed E-state index contributed by atoms with van der Waals surface area (Å²) in [6.07, 6.45) is 1.99. The molecule has 14 heavy (non-hydrogen) atoms. The van der Waals surface area contributed by atoms with Gasteiger partial charge in [-0.15, -0.1) is 0 Å². The van der Waals surface area contributed by atoms with Gasteiger partial charge >= 0.3 is 5.00 Å². The van der Waals surface area contributed by atoms with Gasteiger partial charge in [0.1, 0.15) is 4.88 Å². The van der Waals surface area contributed by atoms with Crippen molar-refractivity contribution < 1.29 is 9.72 Å². The molecule has 0 atom stereocenters. The van der Waals surface area contributed by atoms with Crippen LogP contribution >= 0.6 is 11.3 Å². The summed E-state index contributed by atoms with van der Waals surface area (Å²) in [4.78, 5) is 21.4. The molecule has 1 aliphatic rings. The Bertz CT molecular complexity index is 409. The summed E-state index contributed by atoms with van der Waals surface area (Å²) in [5, 5.41) is 10.5. The molecule has 5 nitrogen and oxygen atoms in total. The average Bonchev–Trinajstić information content (AvgIpc) is 2.83. The van der Waals surface area contributed by atoms with Crippen LogP contribution in [0, 0.1) is 10.1 Å². The van der Waals surface area contributed by atoms with E-state index in [1.54, 1.807) is 0 Å². The second kappa shape index (κ2) is 3.06. The number of hydrogen-bond donors (Lipinski definition) is 1. The Labute approximate surface area is 83.7 Å². The Morgan fingerprint density at radius 2 is 2.29 bits per heavy atom. The Balaban J connectivity index is 2.45. The van der Waals surface area contributed by atoms with Crippen LogP contribution in [0.15, 0.2) is 6.07 Å². The molecule has 2 rings (SSSR count). The maximum atomic E-state index is 11.0. The van der Waals surface area contributed by atoms with E-state index >= 15 is 0 Å². The van der Waals surface area contributed by atoms with Gasteiger partial charge in [-0.1, -0.05) is 11.3 Å². The van der Waals surface area contributed by atoms with Gasteiger partial charge in [-0.05, 0) is 24.3 Å². The topological polar surface area (TPSA) is 86.2 Å². The summed E-state index contributed by atoms with van der Waals surface area (Å²) in [6, 6.07) is 1.47. The first-order chi connectivity index (χ1) is 6.59. The van der Waals surface area contributed by atoms with Gasteiger partial charge in [-0.2, -0.15) is 0 Å². The molecule has 1 aliphatic carbocycles. The number of amides is 1. The number of hydrogen-bond acceptors (Lipinski definition) is 4. The van der Waals surface area contributed by atoms with E-state index in [0.29, 0.717) is 10.8 Å². The number of rotatable bonds is 3. The van der Waals surface area contributed by atoms with Gasteiger partial charge in [0.15, 0.2) is 0 Å². The van der Waals surface area contributed by atoms with Crippen LogP contribution in [0.1, 0.15) is 34.0 Å². The van der Waals surface area contributed by atoms with Crippen molar-refractivity contribution in [2.24, 2.45) is 5.73 Å². The van der Waals surface area contributed by atoms with Crippen LogP contribution in [0.25, 0.3) is 0 Å². The van der Waals surface area contributed by atoms with Gasteiger partial charge in [0, 0.05) is 6.07 Å². The van der Waals surface area contributed by atoms with Gasteiger partial charge in [-0.25, -0.2) is 0 Å². The first-order valence-electron chi connectivity index (χ1n) is 4.17. The minimum atomic E-state index is -0.565. The lowest BCUT2D eigenvalue weighted by atomic mass is 10.1. The van der Waals surface area contributed by atoms with Crippen molar-refractivity contribution in [1.29, 1.82) is 0 Å². The lowest BCUT2D eigenvalue weighted by molar-refractivity contribution is -0.380. The zero-order chi connectivity index (χ0) is 10.3.